The van der Waals surface area contributed by atoms with Gasteiger partial charge in [-0.05, 0) is 71.5 Å². The highest BCUT2D eigenvalue weighted by molar-refractivity contribution is 5.82. The maximum Gasteiger partial charge on any atom is 0.0400 e. The lowest BCUT2D eigenvalue weighted by molar-refractivity contribution is 0.329. The molecule has 130 valence electrons. The van der Waals surface area contributed by atoms with Crippen LogP contribution in [0.15, 0.2) is 9.98 Å². The van der Waals surface area contributed by atoms with Crippen molar-refractivity contribution in [3.05, 3.63) is 0 Å². The third-order valence-electron chi connectivity index (χ3n) is 3.57. The van der Waals surface area contributed by atoms with Gasteiger partial charge in [-0.2, -0.15) is 0 Å². The molecule has 0 rings (SSSR count). The Kier molecular flexibility index (Phi) is 12.4. The number of hydrogen-bond acceptors (Lipinski definition) is 3. The fourth-order valence-electron chi connectivity index (χ4n) is 2.64. The van der Waals surface area contributed by atoms with Crippen LogP contribution in [0.1, 0.15) is 67.2 Å². The number of hydrogen-bond donors (Lipinski definition) is 0. The average Bonchev–Trinajstić information content (AvgIpc) is 2.38. The summed E-state index contributed by atoms with van der Waals surface area (Å²) in [6.45, 7) is 17.5. The van der Waals surface area contributed by atoms with Crippen LogP contribution < -0.4 is 0 Å². The van der Waals surface area contributed by atoms with Crippen LogP contribution in [0.25, 0.3) is 0 Å². The molecule has 0 spiro atoms. The zero-order valence-electron chi connectivity index (χ0n) is 16.2. The highest BCUT2D eigenvalue weighted by Crippen LogP contribution is 2.03. The van der Waals surface area contributed by atoms with E-state index in [0.717, 1.165) is 51.9 Å². The van der Waals surface area contributed by atoms with E-state index in [4.69, 9.17) is 0 Å². The van der Waals surface area contributed by atoms with E-state index in [9.17, 15) is 0 Å². The first-order valence-electron chi connectivity index (χ1n) is 8.99. The molecule has 0 aliphatic heterocycles. The Morgan fingerprint density at radius 3 is 1.45 bits per heavy atom. The molecule has 22 heavy (non-hydrogen) atoms. The predicted molar refractivity (Wildman–Crippen MR) is 102 cm³/mol. The van der Waals surface area contributed by atoms with Gasteiger partial charge in [0, 0.05) is 24.5 Å². The molecule has 0 aliphatic carbocycles. The van der Waals surface area contributed by atoms with Gasteiger partial charge in [0.15, 0.2) is 0 Å². The van der Waals surface area contributed by atoms with Gasteiger partial charge in [-0.3, -0.25) is 9.98 Å². The van der Waals surface area contributed by atoms with Gasteiger partial charge < -0.3 is 4.90 Å². The fourth-order valence-corrected chi connectivity index (χ4v) is 2.64. The Morgan fingerprint density at radius 2 is 1.14 bits per heavy atom. The van der Waals surface area contributed by atoms with Gasteiger partial charge in [-0.15, -0.1) is 0 Å². The summed E-state index contributed by atoms with van der Waals surface area (Å²) in [4.78, 5) is 11.7. The minimum atomic E-state index is 0.714. The summed E-state index contributed by atoms with van der Waals surface area (Å²) in [6, 6.07) is 0. The second-order valence-corrected chi connectivity index (χ2v) is 7.44. The van der Waals surface area contributed by atoms with Crippen LogP contribution >= 0.6 is 0 Å². The second kappa shape index (κ2) is 12.8. The van der Waals surface area contributed by atoms with Crippen molar-refractivity contribution in [3.8, 4) is 0 Å². The van der Waals surface area contributed by atoms with Crippen molar-refractivity contribution in [1.82, 2.24) is 4.90 Å². The molecule has 0 aromatic heterocycles. The Labute approximate surface area is 139 Å². The Bertz CT molecular complexity index is 298. The van der Waals surface area contributed by atoms with E-state index in [1.165, 1.54) is 11.4 Å². The van der Waals surface area contributed by atoms with E-state index in [-0.39, 0.29) is 0 Å². The summed E-state index contributed by atoms with van der Waals surface area (Å²) < 4.78 is 0. The first-order chi connectivity index (χ1) is 10.3. The monoisotopic (exact) mass is 309 g/mol. The van der Waals surface area contributed by atoms with Gasteiger partial charge in [0.2, 0.25) is 0 Å². The van der Waals surface area contributed by atoms with Crippen LogP contribution in [-0.2, 0) is 0 Å². The van der Waals surface area contributed by atoms with Crippen LogP contribution in [0.2, 0.25) is 0 Å². The maximum atomic E-state index is 4.65. The molecule has 3 nitrogen and oxygen atoms in total. The molecule has 0 aromatic rings. The smallest absolute Gasteiger partial charge is 0.0400 e. The predicted octanol–water partition coefficient (Wildman–Crippen LogP) is 4.71. The quantitative estimate of drug-likeness (QED) is 0.379. The molecule has 0 unspecified atom stereocenters. The fraction of sp³-hybridized carbons (Fsp3) is 0.895. The normalized spacial score (nSPS) is 13.7. The van der Waals surface area contributed by atoms with Crippen molar-refractivity contribution in [3.63, 3.8) is 0 Å². The first-order valence-corrected chi connectivity index (χ1v) is 8.99. The highest BCUT2D eigenvalue weighted by Gasteiger charge is 2.00. The molecule has 0 aromatic carbocycles. The molecule has 0 atom stereocenters. The van der Waals surface area contributed by atoms with Gasteiger partial charge in [0.1, 0.15) is 0 Å². The van der Waals surface area contributed by atoms with Crippen molar-refractivity contribution >= 4 is 11.4 Å². The van der Waals surface area contributed by atoms with Gasteiger partial charge in [-0.1, -0.05) is 27.7 Å². The van der Waals surface area contributed by atoms with Crippen molar-refractivity contribution < 1.29 is 0 Å². The highest BCUT2D eigenvalue weighted by atomic mass is 15.1. The van der Waals surface area contributed by atoms with E-state index in [1.807, 2.05) is 0 Å². The third-order valence-corrected chi connectivity index (χ3v) is 3.57. The molecule has 0 amide bonds. The average molecular weight is 310 g/mol. The molecular formula is C19H39N3. The van der Waals surface area contributed by atoms with Crippen molar-refractivity contribution in [1.29, 1.82) is 0 Å². The van der Waals surface area contributed by atoms with E-state index in [1.54, 1.807) is 0 Å². The summed E-state index contributed by atoms with van der Waals surface area (Å²) in [6.07, 6.45) is 4.57. The lowest BCUT2D eigenvalue weighted by Crippen LogP contribution is -2.22. The van der Waals surface area contributed by atoms with Crippen molar-refractivity contribution in [2.24, 2.45) is 21.8 Å². The van der Waals surface area contributed by atoms with Gasteiger partial charge in [0.05, 0.1) is 0 Å². The Hall–Kier alpha value is -0.700. The van der Waals surface area contributed by atoms with Crippen molar-refractivity contribution in [2.45, 2.75) is 67.2 Å². The molecule has 0 saturated heterocycles. The third kappa shape index (κ3) is 14.2. The van der Waals surface area contributed by atoms with Crippen molar-refractivity contribution in [2.75, 3.05) is 33.2 Å². The summed E-state index contributed by atoms with van der Waals surface area (Å²) in [7, 11) is 2.20. The lowest BCUT2D eigenvalue weighted by Gasteiger charge is -2.15. The minimum absolute atomic E-state index is 0.714. The van der Waals surface area contributed by atoms with Crippen LogP contribution in [0.4, 0.5) is 0 Å². The number of nitrogens with zero attached hydrogens (tertiary/aromatic N) is 3. The van der Waals surface area contributed by atoms with Crippen LogP contribution in [-0.4, -0.2) is 49.5 Å². The first kappa shape index (κ1) is 21.3. The summed E-state index contributed by atoms with van der Waals surface area (Å²) in [5.41, 5.74) is 2.60. The molecule has 0 radical (unpaired) electrons. The zero-order valence-corrected chi connectivity index (χ0v) is 16.2. The minimum Gasteiger partial charge on any atom is -0.306 e. The standard InChI is InChI=1S/C19H39N3/c1-16(2)14-18(5)20-10-8-12-22(7)13-9-11-21-19(6)15-17(3)4/h16-17H,8-15H2,1-7H3. The number of aliphatic imine (C=N–C) groups is 2. The van der Waals surface area contributed by atoms with Gasteiger partial charge in [-0.25, -0.2) is 0 Å². The molecule has 0 heterocycles. The second-order valence-electron chi connectivity index (χ2n) is 7.44. The van der Waals surface area contributed by atoms with Gasteiger partial charge in [0.25, 0.3) is 0 Å². The Balaban J connectivity index is 3.68. The molecule has 0 aliphatic rings. The molecule has 0 saturated carbocycles. The Morgan fingerprint density at radius 1 is 0.773 bits per heavy atom. The lowest BCUT2D eigenvalue weighted by atomic mass is 10.1. The van der Waals surface area contributed by atoms with Crippen LogP contribution in [0.5, 0.6) is 0 Å². The van der Waals surface area contributed by atoms with Crippen LogP contribution in [0.3, 0.4) is 0 Å². The topological polar surface area (TPSA) is 28.0 Å². The SMILES string of the molecule is CC(CC(C)C)=NCCCN(C)CCCN=C(C)CC(C)C. The molecule has 0 fully saturated rings. The zero-order chi connectivity index (χ0) is 17.0. The molecular weight excluding hydrogens is 270 g/mol. The molecule has 3 heteroatoms. The summed E-state index contributed by atoms with van der Waals surface area (Å²) in [5.74, 6) is 1.43. The van der Waals surface area contributed by atoms with E-state index in [2.05, 4.69) is 63.5 Å². The molecule has 0 bridgehead atoms. The largest absolute Gasteiger partial charge is 0.306 e. The molecule has 0 N–H and O–H groups in total. The van der Waals surface area contributed by atoms with Gasteiger partial charge >= 0.3 is 0 Å². The summed E-state index contributed by atoms with van der Waals surface area (Å²) in [5, 5.41) is 0. The van der Waals surface area contributed by atoms with Crippen LogP contribution in [0, 0.1) is 11.8 Å². The van der Waals surface area contributed by atoms with E-state index < -0.39 is 0 Å². The van der Waals surface area contributed by atoms with E-state index >= 15 is 0 Å². The summed E-state index contributed by atoms with van der Waals surface area (Å²) >= 11 is 0. The maximum absolute atomic E-state index is 4.65. The number of rotatable bonds is 12. The van der Waals surface area contributed by atoms with E-state index in [0.29, 0.717) is 11.8 Å².